The predicted molar refractivity (Wildman–Crippen MR) is 107 cm³/mol. The molecule has 0 aliphatic carbocycles. The highest BCUT2D eigenvalue weighted by Crippen LogP contribution is 2.41. The Hall–Kier alpha value is -3.33. The van der Waals surface area contributed by atoms with Crippen molar-refractivity contribution in [3.8, 4) is 0 Å². The number of nitrogens with zero attached hydrogens (tertiary/aromatic N) is 3. The first-order valence-electron chi connectivity index (χ1n) is 9.34. The van der Waals surface area contributed by atoms with E-state index in [1.165, 1.54) is 14.0 Å². The van der Waals surface area contributed by atoms with E-state index in [0.29, 0.717) is 18.5 Å². The number of carbonyl (C=O) groups is 1. The van der Waals surface area contributed by atoms with Crippen molar-refractivity contribution < 1.29 is 23.1 Å². The number of carbonyl (C=O) groups excluding carboxylic acids is 1. The third-order valence-electron chi connectivity index (χ3n) is 4.63. The van der Waals surface area contributed by atoms with Crippen LogP contribution in [0.25, 0.3) is 0 Å². The van der Waals surface area contributed by atoms with Gasteiger partial charge in [-0.3, -0.25) is 4.79 Å². The van der Waals surface area contributed by atoms with Crippen LogP contribution in [0, 0.1) is 11.6 Å². The van der Waals surface area contributed by atoms with Crippen molar-refractivity contribution in [3.63, 3.8) is 0 Å². The monoisotopic (exact) mass is 416 g/mol. The second-order valence-electron chi connectivity index (χ2n) is 6.65. The van der Waals surface area contributed by atoms with Crippen molar-refractivity contribution in [1.29, 1.82) is 0 Å². The highest BCUT2D eigenvalue weighted by molar-refractivity contribution is 6.38. The molecule has 3 rings (SSSR count). The van der Waals surface area contributed by atoms with Gasteiger partial charge in [0, 0.05) is 12.0 Å². The number of rotatable bonds is 7. The standard InChI is InChI=1S/C21H22F2N4O3/c1-14(26-29-2)20(28)27-21(11-6-12-24,15-7-4-3-5-8-15)30-19(25-27)17-13-16(22)9-10-18(17)23/h3-5,7-10,13H,6,11-12,24H2,1-2H3. The number of hydrogen-bond acceptors (Lipinski definition) is 6. The molecule has 0 radical (unpaired) electrons. The molecular weight excluding hydrogens is 394 g/mol. The second-order valence-corrected chi connectivity index (χ2v) is 6.65. The van der Waals surface area contributed by atoms with E-state index < -0.39 is 23.3 Å². The molecule has 0 bridgehead atoms. The fourth-order valence-electron chi connectivity index (χ4n) is 3.23. The van der Waals surface area contributed by atoms with Crippen LogP contribution >= 0.6 is 0 Å². The average Bonchev–Trinajstić information content (AvgIpc) is 3.14. The summed E-state index contributed by atoms with van der Waals surface area (Å²) in [5.74, 6) is -2.21. The van der Waals surface area contributed by atoms with Crippen molar-refractivity contribution >= 4 is 17.5 Å². The molecule has 0 spiro atoms. The zero-order chi connectivity index (χ0) is 21.7. The van der Waals surface area contributed by atoms with Crippen LogP contribution in [-0.2, 0) is 20.1 Å². The summed E-state index contributed by atoms with van der Waals surface area (Å²) in [7, 11) is 1.31. The Morgan fingerprint density at radius 3 is 2.67 bits per heavy atom. The van der Waals surface area contributed by atoms with Gasteiger partial charge in [0.25, 0.3) is 5.91 Å². The molecule has 158 valence electrons. The predicted octanol–water partition coefficient (Wildman–Crippen LogP) is 3.10. The smallest absolute Gasteiger partial charge is 0.295 e. The molecule has 1 heterocycles. The van der Waals surface area contributed by atoms with Gasteiger partial charge >= 0.3 is 0 Å². The van der Waals surface area contributed by atoms with Crippen LogP contribution in [0.5, 0.6) is 0 Å². The molecular formula is C21H22F2N4O3. The van der Waals surface area contributed by atoms with Crippen LogP contribution in [0.2, 0.25) is 0 Å². The minimum absolute atomic E-state index is 0.0128. The van der Waals surface area contributed by atoms with Crippen molar-refractivity contribution in [2.24, 2.45) is 16.0 Å². The third kappa shape index (κ3) is 4.02. The highest BCUT2D eigenvalue weighted by Gasteiger charge is 2.50. The fraction of sp³-hybridized carbons (Fsp3) is 0.286. The normalized spacial score (nSPS) is 18.8. The number of nitrogens with two attached hydrogens (primary N) is 1. The number of oxime groups is 1. The molecule has 0 aromatic heterocycles. The van der Waals surface area contributed by atoms with Crippen LogP contribution in [-0.4, -0.2) is 36.2 Å². The van der Waals surface area contributed by atoms with Gasteiger partial charge in [-0.25, -0.2) is 8.78 Å². The van der Waals surface area contributed by atoms with Crippen LogP contribution in [0.3, 0.4) is 0 Å². The van der Waals surface area contributed by atoms with Gasteiger partial charge in [0.15, 0.2) is 0 Å². The Balaban J connectivity index is 2.17. The molecule has 2 aromatic rings. The topological polar surface area (TPSA) is 89.5 Å². The lowest BCUT2D eigenvalue weighted by Crippen LogP contribution is -2.47. The van der Waals surface area contributed by atoms with Gasteiger partial charge in [-0.1, -0.05) is 35.5 Å². The van der Waals surface area contributed by atoms with Gasteiger partial charge in [-0.2, -0.15) is 5.01 Å². The number of hydrogen-bond donors (Lipinski definition) is 1. The van der Waals surface area contributed by atoms with E-state index in [0.717, 1.165) is 23.2 Å². The molecule has 30 heavy (non-hydrogen) atoms. The maximum absolute atomic E-state index is 14.4. The Labute approximate surface area is 172 Å². The van der Waals surface area contributed by atoms with Gasteiger partial charge < -0.3 is 15.3 Å². The summed E-state index contributed by atoms with van der Waals surface area (Å²) in [5, 5.41) is 9.01. The Bertz CT molecular complexity index is 981. The summed E-state index contributed by atoms with van der Waals surface area (Å²) in [6.45, 7) is 1.79. The lowest BCUT2D eigenvalue weighted by atomic mass is 9.96. The van der Waals surface area contributed by atoms with Crippen molar-refractivity contribution in [2.75, 3.05) is 13.7 Å². The molecule has 1 aliphatic rings. The van der Waals surface area contributed by atoms with E-state index in [1.54, 1.807) is 24.3 Å². The largest absolute Gasteiger partial charge is 0.443 e. The quantitative estimate of drug-likeness (QED) is 0.555. The molecule has 9 heteroatoms. The zero-order valence-electron chi connectivity index (χ0n) is 16.6. The molecule has 2 N–H and O–H groups in total. The molecule has 1 amide bonds. The highest BCUT2D eigenvalue weighted by atomic mass is 19.1. The zero-order valence-corrected chi connectivity index (χ0v) is 16.6. The van der Waals surface area contributed by atoms with Gasteiger partial charge in [0.2, 0.25) is 11.6 Å². The molecule has 1 atom stereocenters. The minimum atomic E-state index is -1.41. The van der Waals surface area contributed by atoms with E-state index in [2.05, 4.69) is 10.3 Å². The van der Waals surface area contributed by atoms with E-state index in [9.17, 15) is 13.6 Å². The molecule has 2 aromatic carbocycles. The van der Waals surface area contributed by atoms with E-state index >= 15 is 0 Å². The lowest BCUT2D eigenvalue weighted by Gasteiger charge is -2.35. The lowest BCUT2D eigenvalue weighted by molar-refractivity contribution is -0.145. The second kappa shape index (κ2) is 9.00. The van der Waals surface area contributed by atoms with Gasteiger partial charge in [-0.15, -0.1) is 5.10 Å². The fourth-order valence-corrected chi connectivity index (χ4v) is 3.23. The van der Waals surface area contributed by atoms with E-state index in [1.807, 2.05) is 6.07 Å². The molecule has 0 saturated heterocycles. The summed E-state index contributed by atoms with van der Waals surface area (Å²) in [6.07, 6.45) is 0.747. The number of benzene rings is 2. The molecule has 0 fully saturated rings. The van der Waals surface area contributed by atoms with Gasteiger partial charge in [0.05, 0.1) is 5.56 Å². The van der Waals surface area contributed by atoms with Gasteiger partial charge in [-0.05, 0) is 38.1 Å². The van der Waals surface area contributed by atoms with E-state index in [4.69, 9.17) is 15.3 Å². The van der Waals surface area contributed by atoms with Crippen LogP contribution in [0.1, 0.15) is 30.9 Å². The first-order chi connectivity index (χ1) is 14.4. The summed E-state index contributed by atoms with van der Waals surface area (Å²) in [6, 6.07) is 11.8. The SMILES string of the molecule is CON=C(C)C(=O)N1N=C(c2cc(F)ccc2F)OC1(CCCN)c1ccccc1. The van der Waals surface area contributed by atoms with E-state index in [-0.39, 0.29) is 23.6 Å². The molecule has 0 saturated carbocycles. The number of hydrazone groups is 1. The third-order valence-corrected chi connectivity index (χ3v) is 4.63. The summed E-state index contributed by atoms with van der Waals surface area (Å²) >= 11 is 0. The van der Waals surface area contributed by atoms with Gasteiger partial charge in [0.1, 0.15) is 24.5 Å². The van der Waals surface area contributed by atoms with Crippen LogP contribution < -0.4 is 5.73 Å². The molecule has 7 nitrogen and oxygen atoms in total. The van der Waals surface area contributed by atoms with Crippen LogP contribution in [0.4, 0.5) is 8.78 Å². The van der Waals surface area contributed by atoms with Crippen molar-refractivity contribution in [1.82, 2.24) is 5.01 Å². The number of amides is 1. The average molecular weight is 416 g/mol. The molecule has 1 aliphatic heterocycles. The first kappa shape index (κ1) is 21.4. The van der Waals surface area contributed by atoms with Crippen molar-refractivity contribution in [2.45, 2.75) is 25.5 Å². The van der Waals surface area contributed by atoms with Crippen molar-refractivity contribution in [3.05, 3.63) is 71.3 Å². The minimum Gasteiger partial charge on any atom is -0.443 e. The number of ether oxygens (including phenoxy) is 1. The Kier molecular flexibility index (Phi) is 6.41. The first-order valence-corrected chi connectivity index (χ1v) is 9.34. The Morgan fingerprint density at radius 1 is 1.27 bits per heavy atom. The number of halogens is 2. The Morgan fingerprint density at radius 2 is 2.00 bits per heavy atom. The summed E-state index contributed by atoms with van der Waals surface area (Å²) in [5.41, 5.74) is 4.73. The maximum atomic E-state index is 14.4. The summed E-state index contributed by atoms with van der Waals surface area (Å²) in [4.78, 5) is 17.9. The summed E-state index contributed by atoms with van der Waals surface area (Å²) < 4.78 is 34.4. The molecule has 1 unspecified atom stereocenters. The maximum Gasteiger partial charge on any atom is 0.295 e. The van der Waals surface area contributed by atoms with Crippen LogP contribution in [0.15, 0.2) is 58.8 Å².